The van der Waals surface area contributed by atoms with Crippen molar-refractivity contribution in [3.63, 3.8) is 0 Å². The topological polar surface area (TPSA) is 76.7 Å². The van der Waals surface area contributed by atoms with Crippen LogP contribution in [0.25, 0.3) is 17.2 Å². The van der Waals surface area contributed by atoms with Crippen LogP contribution in [0.5, 0.6) is 0 Å². The highest BCUT2D eigenvalue weighted by atomic mass is 16.3. The first-order chi connectivity index (χ1) is 9.75. The molecule has 3 aromatic rings. The van der Waals surface area contributed by atoms with Crippen molar-refractivity contribution in [2.75, 3.05) is 0 Å². The average molecular weight is 267 g/mol. The summed E-state index contributed by atoms with van der Waals surface area (Å²) in [4.78, 5) is 5.55. The molecule has 100 valence electrons. The van der Waals surface area contributed by atoms with E-state index in [4.69, 9.17) is 0 Å². The first kappa shape index (κ1) is 12.4. The number of aliphatic hydroxyl groups is 1. The molecule has 0 amide bonds. The molecule has 0 radical (unpaired) electrons. The number of nitrogens with zero attached hydrogens (tertiary/aromatic N) is 5. The summed E-state index contributed by atoms with van der Waals surface area (Å²) in [6, 6.07) is 13.1. The fourth-order valence-electron chi connectivity index (χ4n) is 1.91. The van der Waals surface area contributed by atoms with E-state index in [-0.39, 0.29) is 0 Å². The standard InChI is InChI=1S/C14H13N5O/c1-10(20)12-8-5-9-15-14(12)19-17-13(16-18-19)11-6-3-2-4-7-11/h2-10,20H,1H3/t10-/m0/s1. The molecule has 0 saturated carbocycles. The number of aromatic nitrogens is 5. The molecule has 1 N–H and O–H groups in total. The lowest BCUT2D eigenvalue weighted by Crippen LogP contribution is -2.08. The Kier molecular flexibility index (Phi) is 3.22. The minimum Gasteiger partial charge on any atom is -0.389 e. The van der Waals surface area contributed by atoms with Gasteiger partial charge in [0.05, 0.1) is 6.10 Å². The SMILES string of the molecule is C[C@H](O)c1cccnc1-n1nnc(-c2ccccc2)n1. The van der Waals surface area contributed by atoms with Gasteiger partial charge in [0.2, 0.25) is 5.82 Å². The molecule has 3 rings (SSSR count). The first-order valence-electron chi connectivity index (χ1n) is 6.24. The summed E-state index contributed by atoms with van der Waals surface area (Å²) >= 11 is 0. The molecule has 0 aliphatic rings. The van der Waals surface area contributed by atoms with Gasteiger partial charge in [0.25, 0.3) is 0 Å². The van der Waals surface area contributed by atoms with E-state index in [2.05, 4.69) is 20.4 Å². The number of tetrazole rings is 1. The predicted octanol–water partition coefficient (Wildman–Crippen LogP) is 1.78. The van der Waals surface area contributed by atoms with Gasteiger partial charge >= 0.3 is 0 Å². The second kappa shape index (κ2) is 5.18. The molecule has 0 spiro atoms. The van der Waals surface area contributed by atoms with Gasteiger partial charge in [0, 0.05) is 17.3 Å². The van der Waals surface area contributed by atoms with Crippen LogP contribution < -0.4 is 0 Å². The zero-order valence-corrected chi connectivity index (χ0v) is 10.9. The van der Waals surface area contributed by atoms with Crippen LogP contribution in [0, 0.1) is 0 Å². The molecular weight excluding hydrogens is 254 g/mol. The molecule has 6 heteroatoms. The average Bonchev–Trinajstić information content (AvgIpc) is 2.98. The highest BCUT2D eigenvalue weighted by molar-refractivity contribution is 5.53. The molecule has 1 atom stereocenters. The van der Waals surface area contributed by atoms with E-state index in [0.717, 1.165) is 5.56 Å². The number of hydrogen-bond donors (Lipinski definition) is 1. The predicted molar refractivity (Wildman–Crippen MR) is 73.0 cm³/mol. The Morgan fingerprint density at radius 3 is 2.65 bits per heavy atom. The van der Waals surface area contributed by atoms with Crippen molar-refractivity contribution in [2.24, 2.45) is 0 Å². The number of aliphatic hydroxyl groups excluding tert-OH is 1. The van der Waals surface area contributed by atoms with Gasteiger partial charge in [-0.25, -0.2) is 4.98 Å². The van der Waals surface area contributed by atoms with Crippen molar-refractivity contribution in [3.05, 3.63) is 54.2 Å². The van der Waals surface area contributed by atoms with E-state index in [9.17, 15) is 5.11 Å². The maximum Gasteiger partial charge on any atom is 0.205 e. The highest BCUT2D eigenvalue weighted by Crippen LogP contribution is 2.19. The molecule has 0 aliphatic heterocycles. The number of rotatable bonds is 3. The fraction of sp³-hybridized carbons (Fsp3) is 0.143. The summed E-state index contributed by atoms with van der Waals surface area (Å²) in [5.41, 5.74) is 1.54. The van der Waals surface area contributed by atoms with E-state index in [1.54, 1.807) is 25.3 Å². The molecule has 0 bridgehead atoms. The van der Waals surface area contributed by atoms with Gasteiger partial charge in [0.15, 0.2) is 5.82 Å². The highest BCUT2D eigenvalue weighted by Gasteiger charge is 2.14. The molecule has 1 aromatic carbocycles. The Hall–Kier alpha value is -2.60. The third kappa shape index (κ3) is 2.28. The van der Waals surface area contributed by atoms with Crippen molar-refractivity contribution in [3.8, 4) is 17.2 Å². The van der Waals surface area contributed by atoms with Crippen molar-refractivity contribution in [1.82, 2.24) is 25.2 Å². The van der Waals surface area contributed by atoms with Crippen LogP contribution in [0.3, 0.4) is 0 Å². The summed E-state index contributed by atoms with van der Waals surface area (Å²) in [6.45, 7) is 1.68. The van der Waals surface area contributed by atoms with E-state index < -0.39 is 6.10 Å². The molecule has 0 saturated heterocycles. The zero-order valence-electron chi connectivity index (χ0n) is 10.9. The monoisotopic (exact) mass is 267 g/mol. The number of benzene rings is 1. The molecule has 0 aliphatic carbocycles. The van der Waals surface area contributed by atoms with Crippen LogP contribution >= 0.6 is 0 Å². The summed E-state index contributed by atoms with van der Waals surface area (Å²) in [5.74, 6) is 1.00. The quantitative estimate of drug-likeness (QED) is 0.782. The van der Waals surface area contributed by atoms with Gasteiger partial charge in [0.1, 0.15) is 0 Å². The van der Waals surface area contributed by atoms with Crippen molar-refractivity contribution in [2.45, 2.75) is 13.0 Å². The van der Waals surface area contributed by atoms with Crippen LogP contribution in [0.4, 0.5) is 0 Å². The first-order valence-corrected chi connectivity index (χ1v) is 6.24. The summed E-state index contributed by atoms with van der Waals surface area (Å²) in [7, 11) is 0. The fourth-order valence-corrected chi connectivity index (χ4v) is 1.91. The van der Waals surface area contributed by atoms with E-state index >= 15 is 0 Å². The molecule has 2 heterocycles. The van der Waals surface area contributed by atoms with Crippen LogP contribution in [0.1, 0.15) is 18.6 Å². The molecule has 20 heavy (non-hydrogen) atoms. The minimum atomic E-state index is -0.648. The van der Waals surface area contributed by atoms with Gasteiger partial charge < -0.3 is 5.11 Å². The Bertz CT molecular complexity index is 708. The summed E-state index contributed by atoms with van der Waals surface area (Å²) < 4.78 is 0. The lowest BCUT2D eigenvalue weighted by atomic mass is 10.2. The van der Waals surface area contributed by atoms with Gasteiger partial charge in [-0.1, -0.05) is 36.4 Å². The second-order valence-electron chi connectivity index (χ2n) is 4.36. The van der Waals surface area contributed by atoms with Gasteiger partial charge in [-0.05, 0) is 18.2 Å². The Morgan fingerprint density at radius 1 is 1.10 bits per heavy atom. The zero-order chi connectivity index (χ0) is 13.9. The normalized spacial score (nSPS) is 12.3. The lowest BCUT2D eigenvalue weighted by Gasteiger charge is -2.08. The van der Waals surface area contributed by atoms with Crippen LogP contribution in [0.2, 0.25) is 0 Å². The maximum absolute atomic E-state index is 9.76. The van der Waals surface area contributed by atoms with Gasteiger partial charge in [-0.15, -0.1) is 15.0 Å². The summed E-state index contributed by atoms with van der Waals surface area (Å²) in [5, 5.41) is 22.1. The van der Waals surface area contributed by atoms with Crippen LogP contribution in [0.15, 0.2) is 48.7 Å². The minimum absolute atomic E-state index is 0.484. The third-order valence-corrected chi connectivity index (χ3v) is 2.90. The Morgan fingerprint density at radius 2 is 1.90 bits per heavy atom. The van der Waals surface area contributed by atoms with Crippen LogP contribution in [-0.4, -0.2) is 30.3 Å². The Labute approximate surface area is 115 Å². The van der Waals surface area contributed by atoms with E-state index in [0.29, 0.717) is 17.2 Å². The third-order valence-electron chi connectivity index (χ3n) is 2.90. The van der Waals surface area contributed by atoms with Gasteiger partial charge in [-0.3, -0.25) is 0 Å². The van der Waals surface area contributed by atoms with E-state index in [1.165, 1.54) is 4.80 Å². The molecule has 2 aromatic heterocycles. The van der Waals surface area contributed by atoms with Gasteiger partial charge in [-0.2, -0.15) is 0 Å². The van der Waals surface area contributed by atoms with Crippen molar-refractivity contribution < 1.29 is 5.11 Å². The molecule has 0 fully saturated rings. The lowest BCUT2D eigenvalue weighted by molar-refractivity contribution is 0.198. The summed E-state index contributed by atoms with van der Waals surface area (Å²) in [6.07, 6.45) is 0.983. The van der Waals surface area contributed by atoms with Crippen molar-refractivity contribution >= 4 is 0 Å². The van der Waals surface area contributed by atoms with Crippen LogP contribution in [-0.2, 0) is 0 Å². The largest absolute Gasteiger partial charge is 0.389 e. The Balaban J connectivity index is 2.03. The second-order valence-corrected chi connectivity index (χ2v) is 4.36. The molecule has 0 unspecified atom stereocenters. The number of pyridine rings is 1. The maximum atomic E-state index is 9.76. The van der Waals surface area contributed by atoms with E-state index in [1.807, 2.05) is 30.3 Å². The smallest absolute Gasteiger partial charge is 0.205 e. The number of hydrogen-bond acceptors (Lipinski definition) is 5. The molecule has 6 nitrogen and oxygen atoms in total. The molecular formula is C14H13N5O. The van der Waals surface area contributed by atoms with Crippen molar-refractivity contribution in [1.29, 1.82) is 0 Å².